The van der Waals surface area contributed by atoms with Gasteiger partial charge in [0.15, 0.2) is 21.2 Å². The molecule has 1 aromatic carbocycles. The van der Waals surface area contributed by atoms with Gasteiger partial charge in [-0.3, -0.25) is 9.78 Å². The van der Waals surface area contributed by atoms with Crippen LogP contribution in [0.3, 0.4) is 0 Å². The maximum Gasteiger partial charge on any atom is 0.210 e. The minimum atomic E-state index is -3.39. The third-order valence-corrected chi connectivity index (χ3v) is 5.31. The second-order valence-electron chi connectivity index (χ2n) is 6.76. The van der Waals surface area contributed by atoms with Crippen molar-refractivity contribution in [2.75, 3.05) is 6.26 Å². The molecule has 1 aromatic heterocycles. The van der Waals surface area contributed by atoms with E-state index >= 15 is 0 Å². The maximum atomic E-state index is 14.0. The number of benzene rings is 1. The lowest BCUT2D eigenvalue weighted by molar-refractivity contribution is -0.125. The quantitative estimate of drug-likeness (QED) is 0.824. The van der Waals surface area contributed by atoms with Crippen LogP contribution in [0.4, 0.5) is 4.39 Å². The predicted molar refractivity (Wildman–Crippen MR) is 95.5 cm³/mol. The number of nitrogens with zero attached hydrogens (tertiary/aromatic N) is 1. The number of hydrogen-bond acceptors (Lipinski definition) is 5. The molecule has 0 saturated carbocycles. The minimum Gasteiger partial charge on any atom is -0.477 e. The van der Waals surface area contributed by atoms with Crippen LogP contribution < -0.4 is 0 Å². The van der Waals surface area contributed by atoms with E-state index in [9.17, 15) is 17.6 Å². The van der Waals surface area contributed by atoms with Gasteiger partial charge in [-0.2, -0.15) is 0 Å². The molecule has 7 heteroatoms. The summed E-state index contributed by atoms with van der Waals surface area (Å²) >= 11 is 0. The number of Topliss-reactive ketones (excluding diaryl/α,β-unsaturated/α-hetero) is 1. The van der Waals surface area contributed by atoms with Gasteiger partial charge in [-0.15, -0.1) is 0 Å². The summed E-state index contributed by atoms with van der Waals surface area (Å²) in [6, 6.07) is 7.41. The molecular formula is C19H18FNO4S. The third-order valence-electron chi connectivity index (χ3n) is 4.22. The van der Waals surface area contributed by atoms with Crippen LogP contribution in [0.15, 0.2) is 41.4 Å². The van der Waals surface area contributed by atoms with Crippen LogP contribution in [0.2, 0.25) is 0 Å². The van der Waals surface area contributed by atoms with E-state index in [0.29, 0.717) is 16.8 Å². The molecule has 0 saturated heterocycles. The molecule has 0 amide bonds. The SMILES string of the molecule is Cc1ccc(C2=C(c3ccc(S(C)(=O)=O)cn3)OC(C)(C)C2=O)cc1F. The number of hydrogen-bond donors (Lipinski definition) is 0. The highest BCUT2D eigenvalue weighted by Crippen LogP contribution is 2.41. The van der Waals surface area contributed by atoms with Crippen LogP contribution in [0, 0.1) is 12.7 Å². The number of aromatic nitrogens is 1. The number of halogens is 1. The molecule has 136 valence electrons. The Bertz CT molecular complexity index is 1040. The highest BCUT2D eigenvalue weighted by molar-refractivity contribution is 7.90. The molecule has 1 aliphatic rings. The van der Waals surface area contributed by atoms with E-state index in [1.165, 1.54) is 24.4 Å². The molecule has 26 heavy (non-hydrogen) atoms. The van der Waals surface area contributed by atoms with E-state index in [1.807, 2.05) is 0 Å². The smallest absolute Gasteiger partial charge is 0.210 e. The van der Waals surface area contributed by atoms with Gasteiger partial charge in [0.05, 0.1) is 10.5 Å². The Morgan fingerprint density at radius 1 is 1.15 bits per heavy atom. The largest absolute Gasteiger partial charge is 0.477 e. The van der Waals surface area contributed by atoms with Crippen molar-refractivity contribution in [1.29, 1.82) is 0 Å². The Hall–Kier alpha value is -2.54. The summed E-state index contributed by atoms with van der Waals surface area (Å²) in [4.78, 5) is 17.0. The predicted octanol–water partition coefficient (Wildman–Crippen LogP) is 3.18. The topological polar surface area (TPSA) is 73.3 Å². The van der Waals surface area contributed by atoms with E-state index in [2.05, 4.69) is 4.98 Å². The van der Waals surface area contributed by atoms with Gasteiger partial charge >= 0.3 is 0 Å². The van der Waals surface area contributed by atoms with E-state index in [0.717, 1.165) is 6.26 Å². The summed E-state index contributed by atoms with van der Waals surface area (Å²) in [6.07, 6.45) is 2.30. The van der Waals surface area contributed by atoms with Gasteiger partial charge in [-0.25, -0.2) is 12.8 Å². The lowest BCUT2D eigenvalue weighted by Gasteiger charge is -2.17. The van der Waals surface area contributed by atoms with Crippen LogP contribution in [0.1, 0.15) is 30.7 Å². The van der Waals surface area contributed by atoms with Crippen molar-refractivity contribution in [2.24, 2.45) is 0 Å². The molecule has 0 spiro atoms. The normalized spacial score (nSPS) is 16.7. The molecule has 0 N–H and O–H groups in total. The van der Waals surface area contributed by atoms with Gasteiger partial charge in [0.25, 0.3) is 0 Å². The average molecular weight is 375 g/mol. The fraction of sp³-hybridized carbons (Fsp3) is 0.263. The van der Waals surface area contributed by atoms with E-state index in [4.69, 9.17) is 4.74 Å². The summed E-state index contributed by atoms with van der Waals surface area (Å²) in [5.41, 5.74) is 0.286. The van der Waals surface area contributed by atoms with Crippen LogP contribution in [-0.4, -0.2) is 31.0 Å². The summed E-state index contributed by atoms with van der Waals surface area (Å²) < 4.78 is 43.0. The molecule has 0 bridgehead atoms. The first-order chi connectivity index (χ1) is 12.0. The van der Waals surface area contributed by atoms with Crippen LogP contribution in [-0.2, 0) is 19.4 Å². The van der Waals surface area contributed by atoms with Crippen molar-refractivity contribution in [1.82, 2.24) is 4.98 Å². The first-order valence-electron chi connectivity index (χ1n) is 7.92. The maximum absolute atomic E-state index is 14.0. The fourth-order valence-corrected chi connectivity index (χ4v) is 3.24. The number of pyridine rings is 1. The second kappa shape index (κ2) is 6.02. The number of aryl methyl sites for hydroxylation is 1. The Morgan fingerprint density at radius 3 is 2.38 bits per heavy atom. The zero-order valence-corrected chi connectivity index (χ0v) is 15.6. The molecule has 0 radical (unpaired) electrons. The number of ketones is 1. The van der Waals surface area contributed by atoms with E-state index in [-0.39, 0.29) is 22.0 Å². The van der Waals surface area contributed by atoms with Crippen molar-refractivity contribution >= 4 is 27.0 Å². The van der Waals surface area contributed by atoms with Gasteiger partial charge in [-0.05, 0) is 50.1 Å². The van der Waals surface area contributed by atoms with Crippen molar-refractivity contribution < 1.29 is 22.3 Å². The molecule has 2 aromatic rings. The zero-order valence-electron chi connectivity index (χ0n) is 14.8. The Balaban J connectivity index is 2.18. The molecule has 0 atom stereocenters. The third kappa shape index (κ3) is 3.14. The van der Waals surface area contributed by atoms with Crippen LogP contribution in [0.25, 0.3) is 11.3 Å². The monoisotopic (exact) mass is 375 g/mol. The van der Waals surface area contributed by atoms with Crippen molar-refractivity contribution in [3.63, 3.8) is 0 Å². The first-order valence-corrected chi connectivity index (χ1v) is 9.81. The molecule has 1 aliphatic heterocycles. The molecule has 0 aliphatic carbocycles. The Kier molecular flexibility index (Phi) is 4.23. The minimum absolute atomic E-state index is 0.0633. The lowest BCUT2D eigenvalue weighted by atomic mass is 9.92. The van der Waals surface area contributed by atoms with Gasteiger partial charge in [-0.1, -0.05) is 12.1 Å². The molecule has 5 nitrogen and oxygen atoms in total. The number of carbonyl (C=O) groups is 1. The standard InChI is InChI=1S/C19H18FNO4S/c1-11-5-6-12(9-14(11)20)16-17(25-19(2,3)18(16)22)15-8-7-13(10-21-15)26(4,23)24/h5-10H,1-4H3. The Labute approximate surface area is 151 Å². The van der Waals surface area contributed by atoms with E-state index < -0.39 is 21.3 Å². The molecule has 0 unspecified atom stereocenters. The van der Waals surface area contributed by atoms with Crippen LogP contribution >= 0.6 is 0 Å². The number of carbonyl (C=O) groups excluding carboxylic acids is 1. The average Bonchev–Trinajstić information content (AvgIpc) is 2.80. The molecule has 2 heterocycles. The lowest BCUT2D eigenvalue weighted by Crippen LogP contribution is -2.29. The molecule has 0 fully saturated rings. The highest BCUT2D eigenvalue weighted by atomic mass is 32.2. The molecular weight excluding hydrogens is 357 g/mol. The van der Waals surface area contributed by atoms with Crippen LogP contribution in [0.5, 0.6) is 0 Å². The van der Waals surface area contributed by atoms with Gasteiger partial charge in [0, 0.05) is 12.5 Å². The summed E-state index contributed by atoms with van der Waals surface area (Å²) in [6.45, 7) is 4.88. The fourth-order valence-electron chi connectivity index (χ4n) is 2.68. The number of ether oxygens (including phenoxy) is 1. The molecule has 3 rings (SSSR count). The van der Waals surface area contributed by atoms with Gasteiger partial charge in [0.1, 0.15) is 11.5 Å². The highest BCUT2D eigenvalue weighted by Gasteiger charge is 2.43. The van der Waals surface area contributed by atoms with Crippen molar-refractivity contribution in [3.05, 3.63) is 59.2 Å². The van der Waals surface area contributed by atoms with Crippen molar-refractivity contribution in [2.45, 2.75) is 31.3 Å². The number of rotatable bonds is 3. The first kappa shape index (κ1) is 18.3. The Morgan fingerprint density at radius 2 is 1.85 bits per heavy atom. The summed E-state index contributed by atoms with van der Waals surface area (Å²) in [5, 5.41) is 0. The second-order valence-corrected chi connectivity index (χ2v) is 8.78. The number of sulfone groups is 1. The van der Waals surface area contributed by atoms with Gasteiger partial charge < -0.3 is 4.74 Å². The van der Waals surface area contributed by atoms with Gasteiger partial charge in [0.2, 0.25) is 5.78 Å². The summed E-state index contributed by atoms with van der Waals surface area (Å²) in [7, 11) is -3.39. The summed E-state index contributed by atoms with van der Waals surface area (Å²) in [5.74, 6) is -0.500. The van der Waals surface area contributed by atoms with Crippen molar-refractivity contribution in [3.8, 4) is 0 Å². The zero-order chi connectivity index (χ0) is 19.3. The van der Waals surface area contributed by atoms with E-state index in [1.54, 1.807) is 32.9 Å².